The van der Waals surface area contributed by atoms with Crippen molar-refractivity contribution in [2.45, 2.75) is 31.7 Å². The van der Waals surface area contributed by atoms with Gasteiger partial charge in [0, 0.05) is 30.3 Å². The van der Waals surface area contributed by atoms with Crippen molar-refractivity contribution >= 4 is 17.5 Å². The lowest BCUT2D eigenvalue weighted by Crippen LogP contribution is -2.43. The van der Waals surface area contributed by atoms with E-state index in [2.05, 4.69) is 10.1 Å². The number of hydrogen-bond acceptors (Lipinski definition) is 3. The Hall–Kier alpha value is -2.18. The highest BCUT2D eigenvalue weighted by atomic mass is 19.1. The zero-order valence-electron chi connectivity index (χ0n) is 12.8. The zero-order chi connectivity index (χ0) is 16.6. The summed E-state index contributed by atoms with van der Waals surface area (Å²) in [5, 5.41) is 2.49. The molecule has 1 atom stereocenters. The van der Waals surface area contributed by atoms with E-state index in [1.807, 2.05) is 0 Å². The van der Waals surface area contributed by atoms with Gasteiger partial charge in [-0.25, -0.2) is 8.78 Å². The van der Waals surface area contributed by atoms with E-state index in [-0.39, 0.29) is 17.5 Å². The van der Waals surface area contributed by atoms with Crippen LogP contribution in [0.1, 0.15) is 25.7 Å². The molecule has 0 radical (unpaired) electrons. The Bertz CT molecular complexity index is 623. The predicted octanol–water partition coefficient (Wildman–Crippen LogP) is 2.31. The van der Waals surface area contributed by atoms with E-state index >= 15 is 0 Å². The molecular weight excluding hydrogens is 306 g/mol. The minimum absolute atomic E-state index is 0.00902. The third-order valence-corrected chi connectivity index (χ3v) is 4.24. The molecule has 1 aromatic carbocycles. The van der Waals surface area contributed by atoms with Gasteiger partial charge in [-0.05, 0) is 25.7 Å². The fourth-order valence-corrected chi connectivity index (χ4v) is 2.92. The number of hydrogen-bond donors (Lipinski definition) is 1. The average molecular weight is 324 g/mol. The second kappa shape index (κ2) is 6.14. The van der Waals surface area contributed by atoms with Crippen molar-refractivity contribution in [2.75, 3.05) is 19.0 Å². The number of amides is 2. The zero-order valence-corrected chi connectivity index (χ0v) is 12.8. The number of carbonyl (C=O) groups is 2. The summed E-state index contributed by atoms with van der Waals surface area (Å²) >= 11 is 0. The average Bonchev–Trinajstić information content (AvgIpc) is 3.22. The highest BCUT2D eigenvalue weighted by Crippen LogP contribution is 2.34. The molecule has 5 nitrogen and oxygen atoms in total. The maximum Gasteiger partial charge on any atom is 0.247 e. The van der Waals surface area contributed by atoms with Crippen LogP contribution in [0.3, 0.4) is 0 Å². The van der Waals surface area contributed by atoms with Crippen LogP contribution in [0, 0.1) is 17.6 Å². The molecule has 1 N–H and O–H groups in total. The first-order valence-corrected chi connectivity index (χ1v) is 7.65. The first kappa shape index (κ1) is 15.7. The predicted molar refractivity (Wildman–Crippen MR) is 79.0 cm³/mol. The summed E-state index contributed by atoms with van der Waals surface area (Å²) in [6, 6.07) is 1.43. The summed E-state index contributed by atoms with van der Waals surface area (Å²) in [5.41, 5.74) is 0.0107. The minimum atomic E-state index is -0.889. The van der Waals surface area contributed by atoms with E-state index in [1.54, 1.807) is 4.90 Å². The second-order valence-corrected chi connectivity index (χ2v) is 5.93. The quantitative estimate of drug-likeness (QED) is 0.925. The molecule has 0 spiro atoms. The Morgan fingerprint density at radius 2 is 1.87 bits per heavy atom. The second-order valence-electron chi connectivity index (χ2n) is 5.93. The van der Waals surface area contributed by atoms with Gasteiger partial charge in [0.1, 0.15) is 6.04 Å². The number of methoxy groups -OCH3 is 1. The van der Waals surface area contributed by atoms with E-state index in [9.17, 15) is 18.4 Å². The van der Waals surface area contributed by atoms with Crippen molar-refractivity contribution in [3.05, 3.63) is 23.8 Å². The summed E-state index contributed by atoms with van der Waals surface area (Å²) in [6.07, 6.45) is 3.06. The number of benzene rings is 1. The van der Waals surface area contributed by atoms with Crippen molar-refractivity contribution in [3.8, 4) is 5.75 Å². The number of likely N-dealkylation sites (tertiary alicyclic amines) is 1. The molecule has 0 unspecified atom stereocenters. The third kappa shape index (κ3) is 3.13. The van der Waals surface area contributed by atoms with Gasteiger partial charge in [0.2, 0.25) is 11.8 Å². The summed E-state index contributed by atoms with van der Waals surface area (Å²) < 4.78 is 32.0. The third-order valence-electron chi connectivity index (χ3n) is 4.24. The first-order chi connectivity index (χ1) is 11.0. The smallest absolute Gasteiger partial charge is 0.247 e. The molecule has 2 amide bonds. The number of halogens is 2. The highest BCUT2D eigenvalue weighted by molar-refractivity contribution is 5.98. The number of carbonyl (C=O) groups excluding carboxylic acids is 2. The number of nitrogens with zero attached hydrogens (tertiary/aromatic N) is 1. The van der Waals surface area contributed by atoms with E-state index in [0.717, 1.165) is 31.4 Å². The first-order valence-electron chi connectivity index (χ1n) is 7.65. The Labute approximate surface area is 132 Å². The molecule has 0 bridgehead atoms. The van der Waals surface area contributed by atoms with Crippen LogP contribution in [-0.2, 0) is 9.59 Å². The fraction of sp³-hybridized carbons (Fsp3) is 0.500. The van der Waals surface area contributed by atoms with Gasteiger partial charge in [-0.1, -0.05) is 0 Å². The molecule has 1 heterocycles. The van der Waals surface area contributed by atoms with Crippen LogP contribution in [0.4, 0.5) is 14.5 Å². The summed E-state index contributed by atoms with van der Waals surface area (Å²) in [7, 11) is 1.17. The molecule has 1 aliphatic heterocycles. The van der Waals surface area contributed by atoms with Crippen LogP contribution < -0.4 is 10.1 Å². The van der Waals surface area contributed by atoms with Crippen molar-refractivity contribution in [3.63, 3.8) is 0 Å². The normalized spacial score (nSPS) is 20.5. The van der Waals surface area contributed by atoms with Crippen LogP contribution in [-0.4, -0.2) is 36.4 Å². The highest BCUT2D eigenvalue weighted by Gasteiger charge is 2.40. The van der Waals surface area contributed by atoms with Gasteiger partial charge in [0.25, 0.3) is 0 Å². The largest absolute Gasteiger partial charge is 0.491 e. The lowest BCUT2D eigenvalue weighted by Gasteiger charge is -2.24. The monoisotopic (exact) mass is 324 g/mol. The van der Waals surface area contributed by atoms with Crippen molar-refractivity contribution in [1.82, 2.24) is 4.90 Å². The molecule has 2 fully saturated rings. The van der Waals surface area contributed by atoms with Gasteiger partial charge in [-0.15, -0.1) is 0 Å². The van der Waals surface area contributed by atoms with Crippen LogP contribution in [0.15, 0.2) is 12.1 Å². The number of ether oxygens (including phenoxy) is 1. The SMILES string of the molecule is COc1c(F)cc(NC(=O)[C@@H]2CCCN2C(=O)C2CC2)cc1F. The van der Waals surface area contributed by atoms with Gasteiger partial charge in [-0.3, -0.25) is 9.59 Å². The van der Waals surface area contributed by atoms with Crippen molar-refractivity contribution < 1.29 is 23.1 Å². The van der Waals surface area contributed by atoms with Crippen LogP contribution in [0.2, 0.25) is 0 Å². The Morgan fingerprint density at radius 1 is 1.22 bits per heavy atom. The van der Waals surface area contributed by atoms with E-state index in [1.165, 1.54) is 7.11 Å². The van der Waals surface area contributed by atoms with Gasteiger partial charge in [0.05, 0.1) is 7.11 Å². The van der Waals surface area contributed by atoms with Gasteiger partial charge in [0.15, 0.2) is 17.4 Å². The van der Waals surface area contributed by atoms with E-state index in [4.69, 9.17) is 0 Å². The molecule has 23 heavy (non-hydrogen) atoms. The standard InChI is InChI=1S/C16H18F2N2O3/c1-23-14-11(17)7-10(8-12(14)18)19-15(21)13-3-2-6-20(13)16(22)9-4-5-9/h7-9,13H,2-6H2,1H3,(H,19,21)/t13-/m0/s1. The molecule has 0 aromatic heterocycles. The van der Waals surface area contributed by atoms with Crippen molar-refractivity contribution in [1.29, 1.82) is 0 Å². The Balaban J connectivity index is 1.72. The van der Waals surface area contributed by atoms with Crippen LogP contribution in [0.5, 0.6) is 5.75 Å². The Kier molecular flexibility index (Phi) is 4.19. The number of anilines is 1. The van der Waals surface area contributed by atoms with Gasteiger partial charge in [-0.2, -0.15) is 0 Å². The fourth-order valence-electron chi connectivity index (χ4n) is 2.92. The molecule has 124 valence electrons. The van der Waals surface area contributed by atoms with Gasteiger partial charge >= 0.3 is 0 Å². The number of rotatable bonds is 4. The van der Waals surface area contributed by atoms with Crippen LogP contribution >= 0.6 is 0 Å². The molecule has 7 heteroatoms. The summed E-state index contributed by atoms with van der Waals surface area (Å²) in [6.45, 7) is 0.554. The lowest BCUT2D eigenvalue weighted by molar-refractivity contribution is -0.137. The molecule has 2 aliphatic rings. The molecular formula is C16H18F2N2O3. The minimum Gasteiger partial charge on any atom is -0.491 e. The van der Waals surface area contributed by atoms with Crippen molar-refractivity contribution in [2.24, 2.45) is 5.92 Å². The van der Waals surface area contributed by atoms with Crippen LogP contribution in [0.25, 0.3) is 0 Å². The topological polar surface area (TPSA) is 58.6 Å². The van der Waals surface area contributed by atoms with Gasteiger partial charge < -0.3 is 15.0 Å². The summed E-state index contributed by atoms with van der Waals surface area (Å²) in [5.74, 6) is -2.64. The maximum absolute atomic E-state index is 13.7. The summed E-state index contributed by atoms with van der Waals surface area (Å²) in [4.78, 5) is 26.1. The number of nitrogens with one attached hydrogen (secondary N) is 1. The molecule has 1 saturated carbocycles. The molecule has 3 rings (SSSR count). The molecule has 1 saturated heterocycles. The molecule has 1 aromatic rings. The maximum atomic E-state index is 13.7. The lowest BCUT2D eigenvalue weighted by atomic mass is 10.2. The Morgan fingerprint density at radius 3 is 2.43 bits per heavy atom. The molecule has 1 aliphatic carbocycles. The van der Waals surface area contributed by atoms with E-state index in [0.29, 0.717) is 13.0 Å². The van der Waals surface area contributed by atoms with E-state index < -0.39 is 29.3 Å².